The summed E-state index contributed by atoms with van der Waals surface area (Å²) in [5.41, 5.74) is 0.949. The molecule has 0 bridgehead atoms. The Balaban J connectivity index is 1.99. The highest BCUT2D eigenvalue weighted by molar-refractivity contribution is 5.78. The van der Waals surface area contributed by atoms with Gasteiger partial charge in [0.15, 0.2) is 0 Å². The van der Waals surface area contributed by atoms with Crippen molar-refractivity contribution in [1.29, 1.82) is 0 Å². The summed E-state index contributed by atoms with van der Waals surface area (Å²) in [6.07, 6.45) is 3.92. The van der Waals surface area contributed by atoms with Crippen molar-refractivity contribution in [2.24, 2.45) is 5.92 Å². The van der Waals surface area contributed by atoms with E-state index >= 15 is 0 Å². The van der Waals surface area contributed by atoms with Crippen LogP contribution in [-0.2, 0) is 11.3 Å². The van der Waals surface area contributed by atoms with Gasteiger partial charge in [-0.3, -0.25) is 9.78 Å². The molecule has 1 aliphatic rings. The number of hydrogen-bond donors (Lipinski definition) is 1. The zero-order valence-corrected chi connectivity index (χ0v) is 11.7. The fourth-order valence-corrected chi connectivity index (χ4v) is 2.59. The van der Waals surface area contributed by atoms with Crippen molar-refractivity contribution < 1.29 is 14.7 Å². The van der Waals surface area contributed by atoms with Crippen LogP contribution < -0.4 is 0 Å². The summed E-state index contributed by atoms with van der Waals surface area (Å²) in [4.78, 5) is 30.7. The fraction of sp³-hybridized carbons (Fsp3) is 0.500. The van der Waals surface area contributed by atoms with Crippen molar-refractivity contribution in [3.8, 4) is 0 Å². The lowest BCUT2D eigenvalue weighted by Crippen LogP contribution is -2.44. The summed E-state index contributed by atoms with van der Waals surface area (Å²) in [6, 6.07) is 3.33. The zero-order chi connectivity index (χ0) is 14.7. The lowest BCUT2D eigenvalue weighted by molar-refractivity contribution is -0.142. The van der Waals surface area contributed by atoms with Gasteiger partial charge in [0, 0.05) is 38.6 Å². The van der Waals surface area contributed by atoms with Crippen LogP contribution in [0.1, 0.15) is 18.9 Å². The molecule has 0 spiro atoms. The first-order valence-electron chi connectivity index (χ1n) is 6.64. The van der Waals surface area contributed by atoms with Crippen molar-refractivity contribution >= 4 is 12.0 Å². The number of likely N-dealkylation sites (tertiary alicyclic amines) is 1. The molecule has 2 amide bonds. The van der Waals surface area contributed by atoms with Gasteiger partial charge in [0.05, 0.1) is 5.92 Å². The van der Waals surface area contributed by atoms with E-state index in [1.54, 1.807) is 36.2 Å². The topological polar surface area (TPSA) is 73.7 Å². The van der Waals surface area contributed by atoms with Gasteiger partial charge in [0.25, 0.3) is 0 Å². The van der Waals surface area contributed by atoms with Gasteiger partial charge < -0.3 is 14.9 Å². The van der Waals surface area contributed by atoms with Crippen LogP contribution in [0.15, 0.2) is 24.5 Å². The van der Waals surface area contributed by atoms with E-state index in [2.05, 4.69) is 4.98 Å². The number of rotatable bonds is 3. The maximum Gasteiger partial charge on any atom is 0.320 e. The molecule has 2 atom stereocenters. The second-order valence-corrected chi connectivity index (χ2v) is 5.17. The molecule has 6 nitrogen and oxygen atoms in total. The Bertz CT molecular complexity index is 492. The summed E-state index contributed by atoms with van der Waals surface area (Å²) in [6.45, 7) is 2.75. The van der Waals surface area contributed by atoms with E-state index in [9.17, 15) is 9.59 Å². The third-order valence-corrected chi connectivity index (χ3v) is 3.79. The minimum absolute atomic E-state index is 0.134. The van der Waals surface area contributed by atoms with Gasteiger partial charge in [-0.2, -0.15) is 0 Å². The molecule has 108 valence electrons. The van der Waals surface area contributed by atoms with Gasteiger partial charge in [-0.15, -0.1) is 0 Å². The first-order valence-corrected chi connectivity index (χ1v) is 6.64. The maximum absolute atomic E-state index is 12.4. The normalized spacial score (nSPS) is 21.8. The van der Waals surface area contributed by atoms with Crippen LogP contribution in [0.25, 0.3) is 0 Å². The Labute approximate surface area is 118 Å². The molecule has 0 saturated carbocycles. The molecule has 0 aliphatic carbocycles. The average molecular weight is 277 g/mol. The number of carbonyl (C=O) groups excluding carboxylic acids is 1. The molecule has 0 aromatic carbocycles. The van der Waals surface area contributed by atoms with Gasteiger partial charge in [0.1, 0.15) is 0 Å². The third kappa shape index (κ3) is 2.89. The van der Waals surface area contributed by atoms with Gasteiger partial charge in [-0.05, 0) is 25.0 Å². The lowest BCUT2D eigenvalue weighted by atomic mass is 10.0. The fourth-order valence-electron chi connectivity index (χ4n) is 2.59. The highest BCUT2D eigenvalue weighted by Gasteiger charge is 2.39. The molecule has 2 heterocycles. The van der Waals surface area contributed by atoms with E-state index in [-0.39, 0.29) is 12.1 Å². The van der Waals surface area contributed by atoms with Crippen LogP contribution in [-0.4, -0.2) is 51.5 Å². The molecule has 1 aliphatic heterocycles. The van der Waals surface area contributed by atoms with Gasteiger partial charge in [-0.1, -0.05) is 6.07 Å². The molecule has 20 heavy (non-hydrogen) atoms. The number of urea groups is 1. The monoisotopic (exact) mass is 277 g/mol. The summed E-state index contributed by atoms with van der Waals surface area (Å²) >= 11 is 0. The summed E-state index contributed by atoms with van der Waals surface area (Å²) in [5, 5.41) is 9.10. The van der Waals surface area contributed by atoms with E-state index < -0.39 is 11.9 Å². The highest BCUT2D eigenvalue weighted by atomic mass is 16.4. The van der Waals surface area contributed by atoms with Crippen LogP contribution in [0.5, 0.6) is 0 Å². The second-order valence-electron chi connectivity index (χ2n) is 5.17. The number of hydrogen-bond acceptors (Lipinski definition) is 3. The number of aliphatic carboxylic acids is 1. The molecular formula is C14H19N3O3. The number of carboxylic acid groups (broad SMARTS) is 1. The molecule has 1 fully saturated rings. The number of nitrogens with zero attached hydrogens (tertiary/aromatic N) is 3. The van der Waals surface area contributed by atoms with E-state index in [1.807, 2.05) is 12.1 Å². The van der Waals surface area contributed by atoms with E-state index in [0.29, 0.717) is 19.5 Å². The highest BCUT2D eigenvalue weighted by Crippen LogP contribution is 2.25. The predicted octanol–water partition coefficient (Wildman–Crippen LogP) is 1.43. The smallest absolute Gasteiger partial charge is 0.320 e. The average Bonchev–Trinajstić information content (AvgIpc) is 2.81. The summed E-state index contributed by atoms with van der Waals surface area (Å²) < 4.78 is 0. The Kier molecular flexibility index (Phi) is 4.22. The number of amides is 2. The maximum atomic E-state index is 12.4. The number of carboxylic acids is 1. The zero-order valence-electron chi connectivity index (χ0n) is 11.7. The van der Waals surface area contributed by atoms with Crippen molar-refractivity contribution in [2.45, 2.75) is 25.9 Å². The van der Waals surface area contributed by atoms with E-state index in [4.69, 9.17) is 5.11 Å². The minimum atomic E-state index is -0.831. The molecule has 2 rings (SSSR count). The van der Waals surface area contributed by atoms with Crippen LogP contribution in [0.2, 0.25) is 0 Å². The van der Waals surface area contributed by atoms with Crippen LogP contribution in [0.4, 0.5) is 4.79 Å². The predicted molar refractivity (Wildman–Crippen MR) is 73.0 cm³/mol. The van der Waals surface area contributed by atoms with Crippen LogP contribution in [0.3, 0.4) is 0 Å². The van der Waals surface area contributed by atoms with Crippen LogP contribution >= 0.6 is 0 Å². The van der Waals surface area contributed by atoms with Crippen LogP contribution in [0, 0.1) is 5.92 Å². The van der Waals surface area contributed by atoms with Crippen molar-refractivity contribution in [3.63, 3.8) is 0 Å². The SMILES string of the molecule is CC1C(C(=O)O)CCN1C(=O)N(C)Cc1cccnc1. The lowest BCUT2D eigenvalue weighted by Gasteiger charge is -2.28. The second kappa shape index (κ2) is 5.90. The first-order chi connectivity index (χ1) is 9.50. The number of carbonyl (C=O) groups is 2. The molecule has 2 unspecified atom stereocenters. The van der Waals surface area contributed by atoms with Gasteiger partial charge >= 0.3 is 12.0 Å². The molecule has 1 aromatic heterocycles. The number of pyridine rings is 1. The quantitative estimate of drug-likeness (QED) is 0.907. The molecular weight excluding hydrogens is 258 g/mol. The Morgan fingerprint density at radius 1 is 1.55 bits per heavy atom. The molecule has 1 N–H and O–H groups in total. The van der Waals surface area contributed by atoms with E-state index in [0.717, 1.165) is 5.56 Å². The molecule has 1 saturated heterocycles. The van der Waals surface area contributed by atoms with E-state index in [1.165, 1.54) is 0 Å². The summed E-state index contributed by atoms with van der Waals surface area (Å²) in [7, 11) is 1.72. The Morgan fingerprint density at radius 2 is 2.30 bits per heavy atom. The van der Waals surface area contributed by atoms with Gasteiger partial charge in [-0.25, -0.2) is 4.79 Å². The molecule has 6 heteroatoms. The summed E-state index contributed by atoms with van der Waals surface area (Å²) in [5.74, 6) is -1.30. The minimum Gasteiger partial charge on any atom is -0.481 e. The van der Waals surface area contributed by atoms with Crippen molar-refractivity contribution in [3.05, 3.63) is 30.1 Å². The van der Waals surface area contributed by atoms with Gasteiger partial charge in [0.2, 0.25) is 0 Å². The standard InChI is InChI=1S/C14H19N3O3/c1-10-12(13(18)19)5-7-17(10)14(20)16(2)9-11-4-3-6-15-8-11/h3-4,6,8,10,12H,5,7,9H2,1-2H3,(H,18,19). The third-order valence-electron chi connectivity index (χ3n) is 3.79. The van der Waals surface area contributed by atoms with Crippen molar-refractivity contribution in [2.75, 3.05) is 13.6 Å². The first kappa shape index (κ1) is 14.3. The Hall–Kier alpha value is -2.11. The molecule has 0 radical (unpaired) electrons. The molecule has 1 aromatic rings. The van der Waals surface area contributed by atoms with Crippen molar-refractivity contribution in [1.82, 2.24) is 14.8 Å². The Morgan fingerprint density at radius 3 is 2.85 bits per heavy atom. The number of aromatic nitrogens is 1. The largest absolute Gasteiger partial charge is 0.481 e.